The molecule has 2 atom stereocenters. The van der Waals surface area contributed by atoms with Gasteiger partial charge >= 0.3 is 0 Å². The Bertz CT molecular complexity index is 855. The fraction of sp³-hybridized carbons (Fsp3) is 0.500. The first-order chi connectivity index (χ1) is 12.3. The predicted molar refractivity (Wildman–Crippen MR) is 105 cm³/mol. The Hall–Kier alpha value is -1.30. The molecule has 0 amide bonds. The number of rotatable bonds is 6. The molecule has 26 heavy (non-hydrogen) atoms. The summed E-state index contributed by atoms with van der Waals surface area (Å²) >= 11 is 6.22. The fourth-order valence-electron chi connectivity index (χ4n) is 3.92. The Morgan fingerprint density at radius 2 is 2.15 bits per heavy atom. The second-order valence-electron chi connectivity index (χ2n) is 7.15. The lowest BCUT2D eigenvalue weighted by atomic mass is 9.95. The monoisotopic (exact) mass is 396 g/mol. The molecule has 2 heterocycles. The largest absolute Gasteiger partial charge is 0.508 e. The third-order valence-electron chi connectivity index (χ3n) is 5.13. The SMILES string of the molecule is CCC/C(=C\c1ccc(O)cc1Cl)CC[C@H]1OC[C@H]2C1=C(C)CS2(=O)=O. The van der Waals surface area contributed by atoms with Crippen molar-refractivity contribution in [3.8, 4) is 5.75 Å². The van der Waals surface area contributed by atoms with Crippen LogP contribution in [0.5, 0.6) is 5.75 Å². The first-order valence-corrected chi connectivity index (χ1v) is 11.1. The summed E-state index contributed by atoms with van der Waals surface area (Å²) in [6.45, 7) is 4.33. The van der Waals surface area contributed by atoms with Crippen molar-refractivity contribution in [3.05, 3.63) is 45.5 Å². The number of phenols is 1. The van der Waals surface area contributed by atoms with Gasteiger partial charge in [0, 0.05) is 0 Å². The first kappa shape index (κ1) is 19.5. The van der Waals surface area contributed by atoms with Crippen LogP contribution in [0, 0.1) is 0 Å². The summed E-state index contributed by atoms with van der Waals surface area (Å²) in [5.74, 6) is 0.327. The van der Waals surface area contributed by atoms with Crippen molar-refractivity contribution < 1.29 is 18.3 Å². The van der Waals surface area contributed by atoms with Gasteiger partial charge in [0.15, 0.2) is 9.84 Å². The maximum atomic E-state index is 12.2. The lowest BCUT2D eigenvalue weighted by Crippen LogP contribution is -2.19. The third kappa shape index (κ3) is 4.00. The number of fused-ring (bicyclic) bond motifs is 1. The highest BCUT2D eigenvalue weighted by molar-refractivity contribution is 7.92. The molecule has 1 aromatic carbocycles. The van der Waals surface area contributed by atoms with Crippen molar-refractivity contribution in [2.45, 2.75) is 50.9 Å². The smallest absolute Gasteiger partial charge is 0.163 e. The van der Waals surface area contributed by atoms with E-state index >= 15 is 0 Å². The molecule has 0 saturated carbocycles. The average Bonchev–Trinajstić information content (AvgIpc) is 3.08. The number of benzene rings is 1. The van der Waals surface area contributed by atoms with E-state index in [2.05, 4.69) is 13.0 Å². The quantitative estimate of drug-likeness (QED) is 0.718. The molecule has 1 saturated heterocycles. The predicted octanol–water partition coefficient (Wildman–Crippen LogP) is 4.52. The van der Waals surface area contributed by atoms with Crippen LogP contribution < -0.4 is 0 Å². The normalized spacial score (nSPS) is 25.0. The van der Waals surface area contributed by atoms with Crippen LogP contribution >= 0.6 is 11.6 Å². The number of phenolic OH excluding ortho intramolecular Hbond substituents is 1. The molecule has 1 fully saturated rings. The van der Waals surface area contributed by atoms with Crippen LogP contribution in [0.3, 0.4) is 0 Å². The highest BCUT2D eigenvalue weighted by atomic mass is 35.5. The third-order valence-corrected chi connectivity index (χ3v) is 7.55. The molecule has 4 nitrogen and oxygen atoms in total. The summed E-state index contributed by atoms with van der Waals surface area (Å²) in [5, 5.41) is 9.59. The number of halogens is 1. The van der Waals surface area contributed by atoms with Gasteiger partial charge in [0.1, 0.15) is 11.0 Å². The van der Waals surface area contributed by atoms with Gasteiger partial charge in [-0.3, -0.25) is 0 Å². The molecule has 0 bridgehead atoms. The van der Waals surface area contributed by atoms with Gasteiger partial charge < -0.3 is 9.84 Å². The van der Waals surface area contributed by atoms with Crippen molar-refractivity contribution in [1.29, 1.82) is 0 Å². The molecule has 2 aliphatic heterocycles. The van der Waals surface area contributed by atoms with Crippen LogP contribution in [0.25, 0.3) is 6.08 Å². The molecule has 0 aromatic heterocycles. The van der Waals surface area contributed by atoms with E-state index < -0.39 is 15.1 Å². The van der Waals surface area contributed by atoms with Crippen LogP contribution in [-0.4, -0.2) is 37.2 Å². The van der Waals surface area contributed by atoms with Gasteiger partial charge in [-0.15, -0.1) is 0 Å². The zero-order valence-corrected chi connectivity index (χ0v) is 16.7. The molecule has 0 aliphatic carbocycles. The number of aromatic hydroxyl groups is 1. The number of hydrogen-bond acceptors (Lipinski definition) is 4. The summed E-state index contributed by atoms with van der Waals surface area (Å²) in [5.41, 5.74) is 4.09. The van der Waals surface area contributed by atoms with Crippen LogP contribution in [-0.2, 0) is 14.6 Å². The van der Waals surface area contributed by atoms with Gasteiger partial charge in [0.2, 0.25) is 0 Å². The van der Waals surface area contributed by atoms with Crippen LogP contribution in [0.1, 0.15) is 45.1 Å². The lowest BCUT2D eigenvalue weighted by molar-refractivity contribution is 0.117. The van der Waals surface area contributed by atoms with Gasteiger partial charge in [0.25, 0.3) is 0 Å². The van der Waals surface area contributed by atoms with Crippen molar-refractivity contribution in [1.82, 2.24) is 0 Å². The van der Waals surface area contributed by atoms with Crippen molar-refractivity contribution in [2.24, 2.45) is 0 Å². The van der Waals surface area contributed by atoms with Gasteiger partial charge in [-0.1, -0.05) is 42.2 Å². The van der Waals surface area contributed by atoms with Crippen molar-refractivity contribution in [2.75, 3.05) is 12.4 Å². The van der Waals surface area contributed by atoms with Crippen molar-refractivity contribution >= 4 is 27.5 Å². The number of hydrogen-bond donors (Lipinski definition) is 1. The summed E-state index contributed by atoms with van der Waals surface area (Å²) in [6, 6.07) is 4.98. The molecule has 2 aliphatic rings. The zero-order chi connectivity index (χ0) is 18.9. The Balaban J connectivity index is 1.74. The van der Waals surface area contributed by atoms with E-state index in [0.717, 1.165) is 42.4 Å². The molecular formula is C20H25ClO4S. The van der Waals surface area contributed by atoms with Crippen LogP contribution in [0.4, 0.5) is 0 Å². The van der Waals surface area contributed by atoms with E-state index in [4.69, 9.17) is 16.3 Å². The Morgan fingerprint density at radius 3 is 2.85 bits per heavy atom. The first-order valence-electron chi connectivity index (χ1n) is 9.02. The molecule has 3 rings (SSSR count). The van der Waals surface area contributed by atoms with Gasteiger partial charge in [-0.2, -0.15) is 0 Å². The summed E-state index contributed by atoms with van der Waals surface area (Å²) in [6.07, 6.45) is 5.55. The van der Waals surface area contributed by atoms with E-state index in [1.54, 1.807) is 12.1 Å². The second-order valence-corrected chi connectivity index (χ2v) is 9.74. The van der Waals surface area contributed by atoms with Crippen LogP contribution in [0.15, 0.2) is 34.9 Å². The minimum atomic E-state index is -3.07. The lowest BCUT2D eigenvalue weighted by Gasteiger charge is -2.14. The van der Waals surface area contributed by atoms with E-state index in [1.807, 2.05) is 13.0 Å². The minimum absolute atomic E-state index is 0.104. The Morgan fingerprint density at radius 1 is 1.38 bits per heavy atom. The van der Waals surface area contributed by atoms with Crippen molar-refractivity contribution in [3.63, 3.8) is 0 Å². The molecule has 0 spiro atoms. The molecule has 0 radical (unpaired) electrons. The van der Waals surface area contributed by atoms with E-state index in [-0.39, 0.29) is 24.2 Å². The molecular weight excluding hydrogens is 372 g/mol. The second kappa shape index (κ2) is 7.75. The summed E-state index contributed by atoms with van der Waals surface area (Å²) in [7, 11) is -3.07. The molecule has 0 unspecified atom stereocenters. The summed E-state index contributed by atoms with van der Waals surface area (Å²) < 4.78 is 30.2. The molecule has 1 N–H and O–H groups in total. The molecule has 1 aromatic rings. The molecule has 142 valence electrons. The standard InChI is InChI=1S/C20H25ClO4S/c1-3-4-14(9-15-6-7-16(22)10-17(15)21)5-8-18-20-13(2)12-26(23,24)19(20)11-25-18/h6-7,9-10,18-19,22H,3-5,8,11-12H2,1-2H3/b14-9+/t18-,19+/m1/s1. The van der Waals surface area contributed by atoms with Gasteiger partial charge in [-0.25, -0.2) is 8.42 Å². The minimum Gasteiger partial charge on any atom is -0.508 e. The zero-order valence-electron chi connectivity index (χ0n) is 15.2. The number of sulfone groups is 1. The Labute approximate surface area is 160 Å². The number of allylic oxidation sites excluding steroid dienone is 1. The average molecular weight is 397 g/mol. The summed E-state index contributed by atoms with van der Waals surface area (Å²) in [4.78, 5) is 0. The van der Waals surface area contributed by atoms with E-state index in [9.17, 15) is 13.5 Å². The highest BCUT2D eigenvalue weighted by Crippen LogP contribution is 2.38. The fourth-order valence-corrected chi connectivity index (χ4v) is 6.15. The topological polar surface area (TPSA) is 63.6 Å². The molecule has 6 heteroatoms. The Kier molecular flexibility index (Phi) is 5.80. The van der Waals surface area contributed by atoms with E-state index in [0.29, 0.717) is 5.02 Å². The van der Waals surface area contributed by atoms with Crippen LogP contribution in [0.2, 0.25) is 5.02 Å². The van der Waals surface area contributed by atoms with Gasteiger partial charge in [-0.05, 0) is 55.5 Å². The van der Waals surface area contributed by atoms with Gasteiger partial charge in [0.05, 0.1) is 23.5 Å². The maximum Gasteiger partial charge on any atom is 0.163 e. The number of ether oxygens (including phenoxy) is 1. The van der Waals surface area contributed by atoms with E-state index in [1.165, 1.54) is 5.57 Å². The maximum absolute atomic E-state index is 12.2. The highest BCUT2D eigenvalue weighted by Gasteiger charge is 2.45.